The van der Waals surface area contributed by atoms with Crippen molar-refractivity contribution in [1.29, 1.82) is 0 Å². The van der Waals surface area contributed by atoms with Crippen molar-refractivity contribution in [2.24, 2.45) is 0 Å². The van der Waals surface area contributed by atoms with Gasteiger partial charge < -0.3 is 16.0 Å². The van der Waals surface area contributed by atoms with Crippen LogP contribution in [0.15, 0.2) is 67.1 Å². The first-order chi connectivity index (χ1) is 17.0. The second-order valence-corrected chi connectivity index (χ2v) is 8.24. The van der Waals surface area contributed by atoms with Crippen LogP contribution in [0.1, 0.15) is 45.5 Å². The van der Waals surface area contributed by atoms with E-state index in [2.05, 4.69) is 43.9 Å². The fourth-order valence-corrected chi connectivity index (χ4v) is 4.05. The van der Waals surface area contributed by atoms with Gasteiger partial charge in [0.25, 0.3) is 11.8 Å². The molecule has 8 nitrogen and oxygen atoms in total. The Hall–Kier alpha value is -4.33. The number of fused-ring (bicyclic) bond motifs is 1. The van der Waals surface area contributed by atoms with Crippen LogP contribution in [0.3, 0.4) is 0 Å². The van der Waals surface area contributed by atoms with Gasteiger partial charge in [-0.1, -0.05) is 37.3 Å². The van der Waals surface area contributed by atoms with E-state index in [1.54, 1.807) is 38.5 Å². The first kappa shape index (κ1) is 23.8. The highest BCUT2D eigenvalue weighted by atomic mass is 16.2. The summed E-state index contributed by atoms with van der Waals surface area (Å²) in [6.45, 7) is 2.86. The third-order valence-electron chi connectivity index (χ3n) is 6.03. The van der Waals surface area contributed by atoms with Crippen molar-refractivity contribution in [2.45, 2.75) is 19.3 Å². The summed E-state index contributed by atoms with van der Waals surface area (Å²) in [5.41, 5.74) is 4.87. The number of rotatable bonds is 8. The first-order valence-corrected chi connectivity index (χ1v) is 11.5. The van der Waals surface area contributed by atoms with Gasteiger partial charge in [0.2, 0.25) is 0 Å². The number of nitrogens with zero attached hydrogens (tertiary/aromatic N) is 3. The van der Waals surface area contributed by atoms with Gasteiger partial charge in [-0.05, 0) is 36.1 Å². The van der Waals surface area contributed by atoms with Crippen LogP contribution >= 0.6 is 0 Å². The van der Waals surface area contributed by atoms with E-state index in [0.29, 0.717) is 17.7 Å². The molecule has 2 aromatic carbocycles. The van der Waals surface area contributed by atoms with Crippen molar-refractivity contribution in [3.8, 4) is 11.3 Å². The molecule has 4 aromatic rings. The largest absolute Gasteiger partial charge is 0.370 e. The van der Waals surface area contributed by atoms with E-state index in [1.165, 1.54) is 6.33 Å². The number of amides is 2. The number of para-hydroxylation sites is 1. The van der Waals surface area contributed by atoms with Gasteiger partial charge in [0.1, 0.15) is 12.1 Å². The van der Waals surface area contributed by atoms with Crippen LogP contribution in [0.25, 0.3) is 22.2 Å². The topological polar surface area (TPSA) is 109 Å². The molecule has 3 N–H and O–H groups in total. The highest BCUT2D eigenvalue weighted by molar-refractivity contribution is 6.06. The zero-order chi connectivity index (χ0) is 24.8. The number of anilines is 1. The summed E-state index contributed by atoms with van der Waals surface area (Å²) in [4.78, 5) is 37.3. The maximum atomic E-state index is 12.2. The van der Waals surface area contributed by atoms with Gasteiger partial charge in [-0.15, -0.1) is 0 Å². The predicted molar refractivity (Wildman–Crippen MR) is 138 cm³/mol. The Morgan fingerprint density at radius 2 is 1.69 bits per heavy atom. The maximum Gasteiger partial charge on any atom is 0.251 e. The number of hydrogen-bond acceptors (Lipinski definition) is 6. The van der Waals surface area contributed by atoms with E-state index in [-0.39, 0.29) is 17.7 Å². The van der Waals surface area contributed by atoms with Crippen molar-refractivity contribution in [3.63, 3.8) is 0 Å². The predicted octanol–water partition coefficient (Wildman–Crippen LogP) is 4.02. The molecule has 0 aliphatic heterocycles. The summed E-state index contributed by atoms with van der Waals surface area (Å²) in [6, 6.07) is 16.9. The van der Waals surface area contributed by atoms with E-state index in [1.807, 2.05) is 30.3 Å². The quantitative estimate of drug-likeness (QED) is 0.360. The summed E-state index contributed by atoms with van der Waals surface area (Å²) in [5, 5.41) is 9.55. The second-order valence-electron chi connectivity index (χ2n) is 8.24. The fourth-order valence-electron chi connectivity index (χ4n) is 4.05. The lowest BCUT2D eigenvalue weighted by atomic mass is 9.93. The minimum Gasteiger partial charge on any atom is -0.370 e. The Bertz CT molecular complexity index is 1350. The van der Waals surface area contributed by atoms with E-state index in [4.69, 9.17) is 0 Å². The summed E-state index contributed by atoms with van der Waals surface area (Å²) in [6.07, 6.45) is 4.07. The molecule has 1 unspecified atom stereocenters. The molecule has 8 heteroatoms. The average molecular weight is 469 g/mol. The molecule has 4 rings (SSSR count). The standard InChI is InChI=1S/C27H28N6O2/c1-17(20-5-4-6-21-22(27(35)29-3)12-14-31-25(20)21)11-13-30-24-15-23(32-16-33-24)18-7-9-19(10-8-18)26(34)28-2/h4-10,12,14-17H,11,13H2,1-3H3,(H,28,34)(H,29,35)(H,30,32,33). The van der Waals surface area contributed by atoms with E-state index in [9.17, 15) is 9.59 Å². The highest BCUT2D eigenvalue weighted by Gasteiger charge is 2.15. The molecule has 0 spiro atoms. The normalized spacial score (nSPS) is 11.6. The molecule has 0 fully saturated rings. The van der Waals surface area contributed by atoms with Gasteiger partial charge in [-0.3, -0.25) is 14.6 Å². The molecular formula is C27H28N6O2. The minimum absolute atomic E-state index is 0.119. The lowest BCUT2D eigenvalue weighted by Crippen LogP contribution is -2.18. The van der Waals surface area contributed by atoms with Crippen molar-refractivity contribution in [2.75, 3.05) is 26.0 Å². The Labute approximate surface area is 204 Å². The van der Waals surface area contributed by atoms with Gasteiger partial charge >= 0.3 is 0 Å². The minimum atomic E-state index is -0.123. The van der Waals surface area contributed by atoms with Gasteiger partial charge in [0.05, 0.1) is 16.8 Å². The smallest absolute Gasteiger partial charge is 0.251 e. The Kier molecular flexibility index (Phi) is 7.30. The number of nitrogens with one attached hydrogen (secondary N) is 3. The van der Waals surface area contributed by atoms with Crippen LogP contribution in [-0.2, 0) is 0 Å². The summed E-state index contributed by atoms with van der Waals surface area (Å²) >= 11 is 0. The molecule has 178 valence electrons. The van der Waals surface area contributed by atoms with Crippen LogP contribution < -0.4 is 16.0 Å². The maximum absolute atomic E-state index is 12.2. The molecule has 0 saturated carbocycles. The summed E-state index contributed by atoms with van der Waals surface area (Å²) < 4.78 is 0. The lowest BCUT2D eigenvalue weighted by molar-refractivity contribution is 0.0955. The monoisotopic (exact) mass is 468 g/mol. The highest BCUT2D eigenvalue weighted by Crippen LogP contribution is 2.28. The second kappa shape index (κ2) is 10.7. The summed E-state index contributed by atoms with van der Waals surface area (Å²) in [5.74, 6) is 0.710. The van der Waals surface area contributed by atoms with Crippen molar-refractivity contribution < 1.29 is 9.59 Å². The molecular weight excluding hydrogens is 440 g/mol. The van der Waals surface area contributed by atoms with E-state index >= 15 is 0 Å². The van der Waals surface area contributed by atoms with Crippen LogP contribution in [0.4, 0.5) is 5.82 Å². The van der Waals surface area contributed by atoms with Gasteiger partial charge in [0, 0.05) is 49.4 Å². The zero-order valence-electron chi connectivity index (χ0n) is 20.0. The molecule has 2 aromatic heterocycles. The number of benzene rings is 2. The average Bonchev–Trinajstić information content (AvgIpc) is 2.91. The molecule has 0 aliphatic carbocycles. The Morgan fingerprint density at radius 3 is 2.43 bits per heavy atom. The molecule has 2 heterocycles. The number of carbonyl (C=O) groups is 2. The third kappa shape index (κ3) is 5.27. The molecule has 0 bridgehead atoms. The van der Waals surface area contributed by atoms with Crippen LogP contribution in [-0.4, -0.2) is 47.4 Å². The third-order valence-corrected chi connectivity index (χ3v) is 6.03. The Balaban J connectivity index is 1.44. The van der Waals surface area contributed by atoms with Gasteiger partial charge in [0.15, 0.2) is 0 Å². The Morgan fingerprint density at radius 1 is 0.914 bits per heavy atom. The van der Waals surface area contributed by atoms with Gasteiger partial charge in [-0.2, -0.15) is 0 Å². The lowest BCUT2D eigenvalue weighted by Gasteiger charge is -2.16. The van der Waals surface area contributed by atoms with E-state index < -0.39 is 0 Å². The zero-order valence-corrected chi connectivity index (χ0v) is 20.0. The van der Waals surface area contributed by atoms with E-state index in [0.717, 1.165) is 40.0 Å². The fraction of sp³-hybridized carbons (Fsp3) is 0.222. The molecule has 35 heavy (non-hydrogen) atoms. The van der Waals surface area contributed by atoms with Crippen molar-refractivity contribution in [3.05, 3.63) is 83.8 Å². The number of pyridine rings is 1. The number of aromatic nitrogens is 3. The molecule has 0 saturated heterocycles. The van der Waals surface area contributed by atoms with Gasteiger partial charge in [-0.25, -0.2) is 9.97 Å². The summed E-state index contributed by atoms with van der Waals surface area (Å²) in [7, 11) is 3.24. The molecule has 2 amide bonds. The van der Waals surface area contributed by atoms with Crippen molar-refractivity contribution in [1.82, 2.24) is 25.6 Å². The first-order valence-electron chi connectivity index (χ1n) is 11.5. The number of hydrogen-bond donors (Lipinski definition) is 3. The van der Waals surface area contributed by atoms with Crippen molar-refractivity contribution >= 4 is 28.5 Å². The molecule has 1 atom stereocenters. The molecule has 0 aliphatic rings. The van der Waals surface area contributed by atoms with Crippen LogP contribution in [0, 0.1) is 0 Å². The van der Waals surface area contributed by atoms with Crippen LogP contribution in [0.5, 0.6) is 0 Å². The number of carbonyl (C=O) groups excluding carboxylic acids is 2. The van der Waals surface area contributed by atoms with Crippen LogP contribution in [0.2, 0.25) is 0 Å². The SMILES string of the molecule is CNC(=O)c1ccc(-c2cc(NCCC(C)c3cccc4c(C(=O)NC)ccnc34)ncn2)cc1. The molecule has 0 radical (unpaired) electrons.